The minimum Gasteiger partial charge on any atom is -0.497 e. The lowest BCUT2D eigenvalue weighted by Gasteiger charge is -2.35. The van der Waals surface area contributed by atoms with E-state index < -0.39 is 16.3 Å². The molecule has 0 bridgehead atoms. The van der Waals surface area contributed by atoms with Crippen molar-refractivity contribution in [1.82, 2.24) is 20.0 Å². The highest BCUT2D eigenvalue weighted by Crippen LogP contribution is 2.24. The molecule has 0 aliphatic carbocycles. The molecule has 3 aromatic rings. The van der Waals surface area contributed by atoms with Crippen LogP contribution < -0.4 is 15.5 Å². The van der Waals surface area contributed by atoms with Gasteiger partial charge in [-0.05, 0) is 30.7 Å². The second-order valence-corrected chi connectivity index (χ2v) is 8.30. The first kappa shape index (κ1) is 25.0. The van der Waals surface area contributed by atoms with Gasteiger partial charge in [0.25, 0.3) is 11.6 Å². The molecule has 188 valence electrons. The van der Waals surface area contributed by atoms with Gasteiger partial charge in [-0.3, -0.25) is 24.6 Å². The van der Waals surface area contributed by atoms with E-state index in [-0.39, 0.29) is 29.7 Å². The predicted octanol–water partition coefficient (Wildman–Crippen LogP) is 2.26. The molecule has 1 atom stereocenters. The first-order chi connectivity index (χ1) is 17.4. The van der Waals surface area contributed by atoms with Gasteiger partial charge in [0, 0.05) is 37.5 Å². The summed E-state index contributed by atoms with van der Waals surface area (Å²) < 4.78 is 12.0. The minimum absolute atomic E-state index is 0.161. The topological polar surface area (TPSA) is 129 Å². The van der Waals surface area contributed by atoms with Crippen LogP contribution in [-0.2, 0) is 4.74 Å². The number of aryl methyl sites for hydroxylation is 1. The summed E-state index contributed by atoms with van der Waals surface area (Å²) in [6.07, 6.45) is 0. The molecule has 1 fully saturated rings. The molecule has 0 unspecified atom stereocenters. The molecule has 0 saturated carbocycles. The molecule has 1 aliphatic rings. The van der Waals surface area contributed by atoms with Gasteiger partial charge in [0.1, 0.15) is 11.4 Å². The van der Waals surface area contributed by atoms with Crippen molar-refractivity contribution in [2.75, 3.05) is 40.0 Å². The Kier molecular flexibility index (Phi) is 7.71. The van der Waals surface area contributed by atoms with E-state index in [2.05, 4.69) is 15.3 Å². The minimum atomic E-state index is -0.654. The molecule has 0 spiro atoms. The molecule has 1 aromatic heterocycles. The fourth-order valence-corrected chi connectivity index (χ4v) is 4.19. The quantitative estimate of drug-likeness (QED) is 0.374. The molecular weight excluding hydrogens is 466 g/mol. The lowest BCUT2D eigenvalue weighted by Crippen LogP contribution is -2.44. The van der Waals surface area contributed by atoms with Crippen molar-refractivity contribution in [3.8, 4) is 11.4 Å². The summed E-state index contributed by atoms with van der Waals surface area (Å²) in [5.74, 6) is 0.0713. The number of methoxy groups -OCH3 is 1. The highest BCUT2D eigenvalue weighted by atomic mass is 16.6. The van der Waals surface area contributed by atoms with E-state index >= 15 is 0 Å². The van der Waals surface area contributed by atoms with Gasteiger partial charge in [0.2, 0.25) is 5.43 Å². The lowest BCUT2D eigenvalue weighted by atomic mass is 10.0. The van der Waals surface area contributed by atoms with E-state index in [9.17, 15) is 19.7 Å². The summed E-state index contributed by atoms with van der Waals surface area (Å²) in [5, 5.41) is 18.5. The molecule has 36 heavy (non-hydrogen) atoms. The second-order valence-electron chi connectivity index (χ2n) is 8.30. The maximum atomic E-state index is 13.1. The third-order valence-electron chi connectivity index (χ3n) is 6.07. The Morgan fingerprint density at radius 3 is 2.56 bits per heavy atom. The number of hydrogen-bond donors (Lipinski definition) is 1. The van der Waals surface area contributed by atoms with Crippen LogP contribution in [0.2, 0.25) is 0 Å². The number of amides is 1. The molecule has 11 nitrogen and oxygen atoms in total. The zero-order chi connectivity index (χ0) is 25.7. The van der Waals surface area contributed by atoms with Gasteiger partial charge in [0.15, 0.2) is 5.69 Å². The number of nitrogens with zero attached hydrogens (tertiary/aromatic N) is 4. The van der Waals surface area contributed by atoms with E-state index in [1.54, 1.807) is 20.1 Å². The van der Waals surface area contributed by atoms with Crippen molar-refractivity contribution in [2.45, 2.75) is 13.0 Å². The number of benzene rings is 2. The van der Waals surface area contributed by atoms with E-state index in [1.165, 1.54) is 28.9 Å². The van der Waals surface area contributed by atoms with Crippen LogP contribution in [0.15, 0.2) is 59.4 Å². The Hall–Kier alpha value is -4.09. The van der Waals surface area contributed by atoms with E-state index in [1.807, 2.05) is 24.3 Å². The fraction of sp³-hybridized carbons (Fsp3) is 0.320. The summed E-state index contributed by atoms with van der Waals surface area (Å²) >= 11 is 0. The Bertz CT molecular complexity index is 1300. The van der Waals surface area contributed by atoms with E-state index in [0.29, 0.717) is 32.0 Å². The summed E-state index contributed by atoms with van der Waals surface area (Å²) in [6, 6.07) is 14.7. The van der Waals surface area contributed by atoms with Gasteiger partial charge >= 0.3 is 0 Å². The number of hydrogen-bond acceptors (Lipinski definition) is 8. The van der Waals surface area contributed by atoms with Crippen LogP contribution >= 0.6 is 0 Å². The standard InChI is InChI=1S/C25H27N5O6/c1-17-15-23(31)24(27-29(17)20-5-3-4-6-21(20)30(33)34)25(32)26-16-22(28-11-13-36-14-12-28)18-7-9-19(35-2)10-8-18/h3-10,15,22H,11-14,16H2,1-2H3,(H,26,32)/t22-/m0/s1. The third-order valence-corrected chi connectivity index (χ3v) is 6.07. The molecule has 2 heterocycles. The molecular formula is C25H27N5O6. The average molecular weight is 494 g/mol. The molecule has 1 saturated heterocycles. The smallest absolute Gasteiger partial charge is 0.294 e. The molecule has 11 heteroatoms. The fourth-order valence-electron chi connectivity index (χ4n) is 4.19. The van der Waals surface area contributed by atoms with Crippen molar-refractivity contribution in [3.05, 3.63) is 91.9 Å². The number of morpholine rings is 1. The monoisotopic (exact) mass is 493 g/mol. The number of rotatable bonds is 8. The van der Waals surface area contributed by atoms with Crippen molar-refractivity contribution in [2.24, 2.45) is 0 Å². The maximum Gasteiger partial charge on any atom is 0.294 e. The number of carbonyl (C=O) groups is 1. The van der Waals surface area contributed by atoms with Crippen molar-refractivity contribution in [3.63, 3.8) is 0 Å². The number of nitrogens with one attached hydrogen (secondary N) is 1. The van der Waals surface area contributed by atoms with Crippen LogP contribution in [0.25, 0.3) is 5.69 Å². The van der Waals surface area contributed by atoms with Crippen LogP contribution in [-0.4, -0.2) is 65.5 Å². The van der Waals surface area contributed by atoms with Crippen LogP contribution in [0.3, 0.4) is 0 Å². The van der Waals surface area contributed by atoms with E-state index in [4.69, 9.17) is 9.47 Å². The average Bonchev–Trinajstić information content (AvgIpc) is 2.89. The Balaban J connectivity index is 1.61. The number of nitro benzene ring substituents is 1. The summed E-state index contributed by atoms with van der Waals surface area (Å²) in [7, 11) is 1.60. The number of carbonyl (C=O) groups excluding carboxylic acids is 1. The molecule has 1 amide bonds. The Labute approximate surface area is 207 Å². The first-order valence-electron chi connectivity index (χ1n) is 11.5. The molecule has 1 N–H and O–H groups in total. The molecule has 1 aliphatic heterocycles. The van der Waals surface area contributed by atoms with Gasteiger partial charge in [-0.2, -0.15) is 5.10 Å². The SMILES string of the molecule is COc1ccc([C@H](CNC(=O)c2nn(-c3ccccc3[N+](=O)[O-])c(C)cc2=O)N2CCOCC2)cc1. The highest BCUT2D eigenvalue weighted by molar-refractivity contribution is 5.92. The van der Waals surface area contributed by atoms with Crippen molar-refractivity contribution < 1.29 is 19.2 Å². The largest absolute Gasteiger partial charge is 0.497 e. The summed E-state index contributed by atoms with van der Waals surface area (Å²) in [5.41, 5.74) is 0.428. The van der Waals surface area contributed by atoms with Crippen molar-refractivity contribution in [1.29, 1.82) is 0 Å². The van der Waals surface area contributed by atoms with Gasteiger partial charge < -0.3 is 14.8 Å². The lowest BCUT2D eigenvalue weighted by molar-refractivity contribution is -0.384. The van der Waals surface area contributed by atoms with Crippen LogP contribution in [0.5, 0.6) is 5.75 Å². The number of para-hydroxylation sites is 2. The summed E-state index contributed by atoms with van der Waals surface area (Å²) in [4.78, 5) is 38.9. The van der Waals surface area contributed by atoms with Crippen LogP contribution in [0.4, 0.5) is 5.69 Å². The number of aromatic nitrogens is 2. The van der Waals surface area contributed by atoms with Gasteiger partial charge in [-0.1, -0.05) is 24.3 Å². The molecule has 0 radical (unpaired) electrons. The maximum absolute atomic E-state index is 13.1. The van der Waals surface area contributed by atoms with Gasteiger partial charge in [-0.15, -0.1) is 0 Å². The van der Waals surface area contributed by atoms with Crippen LogP contribution in [0.1, 0.15) is 27.8 Å². The highest BCUT2D eigenvalue weighted by Gasteiger charge is 2.25. The Morgan fingerprint density at radius 1 is 1.19 bits per heavy atom. The van der Waals surface area contributed by atoms with Crippen molar-refractivity contribution >= 4 is 11.6 Å². The molecule has 4 rings (SSSR count). The number of nitro groups is 1. The summed E-state index contributed by atoms with van der Waals surface area (Å²) in [6.45, 7) is 4.39. The normalized spacial score (nSPS) is 14.7. The molecule has 2 aromatic carbocycles. The van der Waals surface area contributed by atoms with E-state index in [0.717, 1.165) is 11.3 Å². The zero-order valence-electron chi connectivity index (χ0n) is 20.0. The first-order valence-corrected chi connectivity index (χ1v) is 11.5. The number of ether oxygens (including phenoxy) is 2. The Morgan fingerprint density at radius 2 is 1.89 bits per heavy atom. The van der Waals surface area contributed by atoms with Gasteiger partial charge in [0.05, 0.1) is 31.3 Å². The zero-order valence-corrected chi connectivity index (χ0v) is 20.0. The second kappa shape index (κ2) is 11.1. The van der Waals surface area contributed by atoms with Crippen LogP contribution in [0, 0.1) is 17.0 Å². The van der Waals surface area contributed by atoms with Gasteiger partial charge in [-0.25, -0.2) is 4.68 Å². The predicted molar refractivity (Wildman–Crippen MR) is 132 cm³/mol. The third kappa shape index (κ3) is 5.42.